The lowest BCUT2D eigenvalue weighted by Crippen LogP contribution is -2.14. The van der Waals surface area contributed by atoms with Crippen molar-refractivity contribution in [3.63, 3.8) is 0 Å². The maximum absolute atomic E-state index is 6.13. The molecule has 0 unspecified atom stereocenters. The van der Waals surface area contributed by atoms with Crippen molar-refractivity contribution in [2.24, 2.45) is 0 Å². The van der Waals surface area contributed by atoms with Gasteiger partial charge >= 0.3 is 0 Å². The predicted molar refractivity (Wildman–Crippen MR) is 78.4 cm³/mol. The number of benzene rings is 1. The molecule has 4 N–H and O–H groups in total. The fourth-order valence-electron chi connectivity index (χ4n) is 2.51. The van der Waals surface area contributed by atoms with Crippen LogP contribution in [0.3, 0.4) is 0 Å². The lowest BCUT2D eigenvalue weighted by molar-refractivity contribution is 0.855. The molecule has 0 atom stereocenters. The maximum atomic E-state index is 6.13. The lowest BCUT2D eigenvalue weighted by atomic mass is 9.99. The van der Waals surface area contributed by atoms with Crippen molar-refractivity contribution in [2.45, 2.75) is 39.5 Å². The molecule has 1 saturated carbocycles. The summed E-state index contributed by atoms with van der Waals surface area (Å²) < 4.78 is 1.56. The highest BCUT2D eigenvalue weighted by Crippen LogP contribution is 2.41. The summed E-state index contributed by atoms with van der Waals surface area (Å²) in [7, 11) is 0. The van der Waals surface area contributed by atoms with E-state index in [-0.39, 0.29) is 0 Å². The summed E-state index contributed by atoms with van der Waals surface area (Å²) in [5.74, 6) is 8.01. The third kappa shape index (κ3) is 1.87. The van der Waals surface area contributed by atoms with Crippen LogP contribution in [0.5, 0.6) is 0 Å². The Labute approximate surface area is 113 Å². The Morgan fingerprint density at radius 2 is 1.74 bits per heavy atom. The van der Waals surface area contributed by atoms with Gasteiger partial charge in [-0.05, 0) is 56.4 Å². The molecule has 0 saturated heterocycles. The van der Waals surface area contributed by atoms with Crippen LogP contribution in [0, 0.1) is 20.8 Å². The van der Waals surface area contributed by atoms with Gasteiger partial charge in [0.25, 0.3) is 0 Å². The topological polar surface area (TPSA) is 69.9 Å². The van der Waals surface area contributed by atoms with Crippen LogP contribution in [0.4, 0.5) is 5.82 Å². The molecule has 1 fully saturated rings. The number of anilines is 1. The molecule has 3 rings (SSSR count). The standard InChI is InChI=1S/C15H20N4/c1-8-6-10(3)12(7-9(8)2)13-14(16)19(17)15(18-13)11-4-5-11/h6-7,11H,4-5,16-17H2,1-3H3. The Kier molecular flexibility index (Phi) is 2.55. The molecule has 1 heterocycles. The summed E-state index contributed by atoms with van der Waals surface area (Å²) in [5, 5.41) is 0. The highest BCUT2D eigenvalue weighted by Gasteiger charge is 2.30. The molecule has 0 radical (unpaired) electrons. The quantitative estimate of drug-likeness (QED) is 0.811. The molecule has 1 aromatic carbocycles. The molecule has 0 amide bonds. The molecule has 1 aromatic heterocycles. The van der Waals surface area contributed by atoms with E-state index in [2.05, 4.69) is 37.9 Å². The minimum Gasteiger partial charge on any atom is -0.382 e. The Morgan fingerprint density at radius 3 is 2.37 bits per heavy atom. The van der Waals surface area contributed by atoms with Gasteiger partial charge in [0.15, 0.2) is 5.82 Å². The Bertz CT molecular complexity index is 651. The first-order valence-corrected chi connectivity index (χ1v) is 6.70. The van der Waals surface area contributed by atoms with Crippen molar-refractivity contribution in [1.82, 2.24) is 9.66 Å². The van der Waals surface area contributed by atoms with Gasteiger partial charge in [0, 0.05) is 11.5 Å². The molecule has 0 bridgehead atoms. The molecular weight excluding hydrogens is 236 g/mol. The molecular formula is C15H20N4. The second-order valence-corrected chi connectivity index (χ2v) is 5.60. The zero-order chi connectivity index (χ0) is 13.7. The summed E-state index contributed by atoms with van der Waals surface area (Å²) in [4.78, 5) is 4.69. The first-order valence-electron chi connectivity index (χ1n) is 6.70. The molecule has 1 aliphatic carbocycles. The minimum atomic E-state index is 0.493. The fourth-order valence-corrected chi connectivity index (χ4v) is 2.51. The zero-order valence-electron chi connectivity index (χ0n) is 11.7. The van der Waals surface area contributed by atoms with Crippen LogP contribution in [0.2, 0.25) is 0 Å². The maximum Gasteiger partial charge on any atom is 0.150 e. The van der Waals surface area contributed by atoms with Crippen LogP contribution < -0.4 is 11.6 Å². The van der Waals surface area contributed by atoms with E-state index in [1.165, 1.54) is 29.5 Å². The number of hydrogen-bond donors (Lipinski definition) is 2. The van der Waals surface area contributed by atoms with Crippen molar-refractivity contribution in [3.05, 3.63) is 34.6 Å². The molecule has 19 heavy (non-hydrogen) atoms. The SMILES string of the molecule is Cc1cc(C)c(-c2nc(C3CC3)n(N)c2N)cc1C. The molecule has 0 aliphatic heterocycles. The van der Waals surface area contributed by atoms with E-state index in [1.54, 1.807) is 4.68 Å². The molecule has 100 valence electrons. The summed E-state index contributed by atoms with van der Waals surface area (Å²) in [6.45, 7) is 6.32. The largest absolute Gasteiger partial charge is 0.382 e. The average molecular weight is 256 g/mol. The second-order valence-electron chi connectivity index (χ2n) is 5.60. The van der Waals surface area contributed by atoms with Crippen molar-refractivity contribution in [1.29, 1.82) is 0 Å². The Hall–Kier alpha value is -1.97. The lowest BCUT2D eigenvalue weighted by Gasteiger charge is -2.08. The average Bonchev–Trinajstić information content (AvgIpc) is 3.15. The van der Waals surface area contributed by atoms with Gasteiger partial charge in [-0.25, -0.2) is 9.66 Å². The van der Waals surface area contributed by atoms with Gasteiger partial charge in [-0.3, -0.25) is 0 Å². The van der Waals surface area contributed by atoms with Crippen LogP contribution in [0.15, 0.2) is 12.1 Å². The normalized spacial score (nSPS) is 14.9. The highest BCUT2D eigenvalue weighted by atomic mass is 15.4. The second kappa shape index (κ2) is 4.02. The van der Waals surface area contributed by atoms with Gasteiger partial charge in [0.1, 0.15) is 11.5 Å². The molecule has 2 aromatic rings. The van der Waals surface area contributed by atoms with E-state index in [4.69, 9.17) is 11.6 Å². The van der Waals surface area contributed by atoms with E-state index in [9.17, 15) is 0 Å². The van der Waals surface area contributed by atoms with Crippen molar-refractivity contribution >= 4 is 5.82 Å². The van der Waals surface area contributed by atoms with Crippen LogP contribution >= 0.6 is 0 Å². The molecule has 1 aliphatic rings. The van der Waals surface area contributed by atoms with Gasteiger partial charge < -0.3 is 11.6 Å². The van der Waals surface area contributed by atoms with Crippen molar-refractivity contribution in [2.75, 3.05) is 11.6 Å². The number of nitrogens with two attached hydrogens (primary N) is 2. The zero-order valence-corrected chi connectivity index (χ0v) is 11.7. The highest BCUT2D eigenvalue weighted by molar-refractivity contribution is 5.75. The summed E-state index contributed by atoms with van der Waals surface area (Å²) >= 11 is 0. The van der Waals surface area contributed by atoms with Gasteiger partial charge in [0.2, 0.25) is 0 Å². The third-order valence-corrected chi connectivity index (χ3v) is 4.01. The number of rotatable bonds is 2. The van der Waals surface area contributed by atoms with Crippen molar-refractivity contribution in [3.8, 4) is 11.3 Å². The molecule has 4 heteroatoms. The van der Waals surface area contributed by atoms with E-state index < -0.39 is 0 Å². The van der Waals surface area contributed by atoms with E-state index in [0.717, 1.165) is 17.1 Å². The number of imidazole rings is 1. The number of nitrogen functional groups attached to an aromatic ring is 2. The van der Waals surface area contributed by atoms with Gasteiger partial charge in [-0.2, -0.15) is 0 Å². The Balaban J connectivity index is 2.16. The van der Waals surface area contributed by atoms with Gasteiger partial charge in [-0.1, -0.05) is 6.07 Å². The first kappa shape index (κ1) is 12.1. The molecule has 4 nitrogen and oxygen atoms in total. The Morgan fingerprint density at radius 1 is 1.11 bits per heavy atom. The van der Waals surface area contributed by atoms with Crippen LogP contribution in [-0.4, -0.2) is 9.66 Å². The minimum absolute atomic E-state index is 0.493. The van der Waals surface area contributed by atoms with E-state index in [0.29, 0.717) is 11.7 Å². The summed E-state index contributed by atoms with van der Waals surface area (Å²) in [6, 6.07) is 4.33. The number of hydrogen-bond acceptors (Lipinski definition) is 3. The number of aromatic nitrogens is 2. The predicted octanol–water partition coefficient (Wildman–Crippen LogP) is 2.65. The van der Waals surface area contributed by atoms with Gasteiger partial charge in [0.05, 0.1) is 0 Å². The number of aryl methyl sites for hydroxylation is 3. The third-order valence-electron chi connectivity index (χ3n) is 4.01. The number of nitrogens with zero attached hydrogens (tertiary/aromatic N) is 2. The van der Waals surface area contributed by atoms with Gasteiger partial charge in [-0.15, -0.1) is 0 Å². The fraction of sp³-hybridized carbons (Fsp3) is 0.400. The van der Waals surface area contributed by atoms with E-state index >= 15 is 0 Å². The first-order chi connectivity index (χ1) is 8.99. The van der Waals surface area contributed by atoms with Crippen LogP contribution in [0.1, 0.15) is 41.3 Å². The summed E-state index contributed by atoms with van der Waals surface area (Å²) in [5.41, 5.74) is 11.8. The van der Waals surface area contributed by atoms with Crippen LogP contribution in [0.25, 0.3) is 11.3 Å². The smallest absolute Gasteiger partial charge is 0.150 e. The molecule has 0 spiro atoms. The van der Waals surface area contributed by atoms with Crippen molar-refractivity contribution < 1.29 is 0 Å². The van der Waals surface area contributed by atoms with Crippen LogP contribution in [-0.2, 0) is 0 Å². The van der Waals surface area contributed by atoms with E-state index in [1.807, 2.05) is 0 Å². The summed E-state index contributed by atoms with van der Waals surface area (Å²) in [6.07, 6.45) is 2.33. The monoisotopic (exact) mass is 256 g/mol.